The number of anilines is 1. The molecule has 0 aliphatic carbocycles. The lowest BCUT2D eigenvalue weighted by Crippen LogP contribution is -2.14. The molecule has 1 N–H and O–H groups in total. The summed E-state index contributed by atoms with van der Waals surface area (Å²) in [5, 5.41) is 12.6. The van der Waals surface area contributed by atoms with Gasteiger partial charge in [0, 0.05) is 17.3 Å². The average Bonchev–Trinajstić information content (AvgIpc) is 3.10. The maximum atomic E-state index is 12.4. The molecule has 1 heterocycles. The number of nitriles is 1. The van der Waals surface area contributed by atoms with Crippen LogP contribution in [0.4, 0.5) is 5.69 Å². The summed E-state index contributed by atoms with van der Waals surface area (Å²) in [6.45, 7) is 1.88. The summed E-state index contributed by atoms with van der Waals surface area (Å²) in [5.74, 6) is 0.479. The molecule has 0 radical (unpaired) electrons. The number of carbonyl (C=O) groups is 1. The van der Waals surface area contributed by atoms with E-state index in [0.29, 0.717) is 22.2 Å². The van der Waals surface area contributed by atoms with Gasteiger partial charge in [0.15, 0.2) is 0 Å². The van der Waals surface area contributed by atoms with E-state index >= 15 is 0 Å². The quantitative estimate of drug-likeness (QED) is 0.495. The molecule has 0 saturated carbocycles. The molecule has 1 aromatic heterocycles. The zero-order valence-corrected chi connectivity index (χ0v) is 14.7. The van der Waals surface area contributed by atoms with Crippen molar-refractivity contribution in [3.05, 3.63) is 82.6 Å². The second kappa shape index (κ2) is 7.73. The van der Waals surface area contributed by atoms with Gasteiger partial charge in [0.2, 0.25) is 0 Å². The molecule has 0 fully saturated rings. The molecule has 1 amide bonds. The lowest BCUT2D eigenvalue weighted by atomic mass is 10.1. The van der Waals surface area contributed by atoms with E-state index in [2.05, 4.69) is 5.32 Å². The summed E-state index contributed by atoms with van der Waals surface area (Å²) in [5.41, 5.74) is 2.27. The van der Waals surface area contributed by atoms with Crippen molar-refractivity contribution < 1.29 is 9.21 Å². The van der Waals surface area contributed by atoms with Crippen LogP contribution in [-0.4, -0.2) is 5.91 Å². The highest BCUT2D eigenvalue weighted by molar-refractivity contribution is 6.33. The van der Waals surface area contributed by atoms with Gasteiger partial charge in [-0.2, -0.15) is 5.26 Å². The predicted octanol–water partition coefficient (Wildman–Crippen LogP) is 5.45. The molecule has 0 spiro atoms. The van der Waals surface area contributed by atoms with Crippen molar-refractivity contribution in [1.82, 2.24) is 0 Å². The Balaban J connectivity index is 1.84. The molecular weight excluding hydrogens is 348 g/mol. The molecule has 3 aromatic rings. The Hall–Kier alpha value is -3.29. The van der Waals surface area contributed by atoms with Crippen LogP contribution in [0.5, 0.6) is 0 Å². The summed E-state index contributed by atoms with van der Waals surface area (Å²) in [6, 6.07) is 20.0. The number of para-hydroxylation sites is 1. The number of hydrogen-bond acceptors (Lipinski definition) is 3. The minimum Gasteiger partial charge on any atom is -0.457 e. The third-order valence-corrected chi connectivity index (χ3v) is 4.14. The Morgan fingerprint density at radius 1 is 1.12 bits per heavy atom. The molecule has 2 aromatic carbocycles. The highest BCUT2D eigenvalue weighted by atomic mass is 35.5. The molecule has 0 bridgehead atoms. The molecule has 0 aliphatic heterocycles. The van der Waals surface area contributed by atoms with Gasteiger partial charge in [-0.05, 0) is 42.8 Å². The number of halogens is 1. The molecule has 26 heavy (non-hydrogen) atoms. The van der Waals surface area contributed by atoms with Gasteiger partial charge < -0.3 is 9.73 Å². The van der Waals surface area contributed by atoms with E-state index in [1.807, 2.05) is 49.4 Å². The van der Waals surface area contributed by atoms with Crippen LogP contribution in [0.2, 0.25) is 5.02 Å². The van der Waals surface area contributed by atoms with E-state index in [-0.39, 0.29) is 5.57 Å². The molecule has 5 heteroatoms. The molecule has 0 atom stereocenters. The van der Waals surface area contributed by atoms with Crippen molar-refractivity contribution in [1.29, 1.82) is 5.26 Å². The van der Waals surface area contributed by atoms with Crippen LogP contribution in [0.3, 0.4) is 0 Å². The Labute approximate surface area is 156 Å². The molecule has 3 rings (SSSR count). The van der Waals surface area contributed by atoms with E-state index < -0.39 is 5.91 Å². The number of rotatable bonds is 4. The SMILES string of the molecule is Cc1ccccc1NC(=O)C(C#N)=Cc1ccc(-c2ccccc2Cl)o1. The second-order valence-corrected chi connectivity index (χ2v) is 6.03. The average molecular weight is 363 g/mol. The summed E-state index contributed by atoms with van der Waals surface area (Å²) in [7, 11) is 0. The van der Waals surface area contributed by atoms with Crippen molar-refractivity contribution in [2.45, 2.75) is 6.92 Å². The lowest BCUT2D eigenvalue weighted by Gasteiger charge is -2.06. The van der Waals surface area contributed by atoms with E-state index in [4.69, 9.17) is 16.0 Å². The number of aryl methyl sites for hydroxylation is 1. The third kappa shape index (κ3) is 3.85. The van der Waals surface area contributed by atoms with Gasteiger partial charge in [0.05, 0.1) is 5.02 Å². The first-order chi connectivity index (χ1) is 12.6. The minimum absolute atomic E-state index is 0.0479. The number of benzene rings is 2. The van der Waals surface area contributed by atoms with Crippen LogP contribution in [-0.2, 0) is 4.79 Å². The van der Waals surface area contributed by atoms with Gasteiger partial charge in [-0.3, -0.25) is 4.79 Å². The molecule has 0 unspecified atom stereocenters. The predicted molar refractivity (Wildman–Crippen MR) is 103 cm³/mol. The molecule has 4 nitrogen and oxygen atoms in total. The summed E-state index contributed by atoms with van der Waals surface area (Å²) < 4.78 is 5.72. The minimum atomic E-state index is -0.488. The van der Waals surface area contributed by atoms with Crippen LogP contribution in [0.15, 0.2) is 70.7 Å². The van der Waals surface area contributed by atoms with Crippen molar-refractivity contribution in [3.8, 4) is 17.4 Å². The fourth-order valence-corrected chi connectivity index (χ4v) is 2.66. The molecule has 128 valence electrons. The number of nitrogens with zero attached hydrogens (tertiary/aromatic N) is 1. The first kappa shape index (κ1) is 17.5. The third-order valence-electron chi connectivity index (χ3n) is 3.81. The number of amides is 1. The van der Waals surface area contributed by atoms with Crippen molar-refractivity contribution in [2.24, 2.45) is 0 Å². The number of nitrogens with one attached hydrogen (secondary N) is 1. The highest BCUT2D eigenvalue weighted by Gasteiger charge is 2.13. The highest BCUT2D eigenvalue weighted by Crippen LogP contribution is 2.29. The maximum Gasteiger partial charge on any atom is 0.266 e. The molecule has 0 aliphatic rings. The largest absolute Gasteiger partial charge is 0.457 e. The van der Waals surface area contributed by atoms with Crippen LogP contribution in [0.1, 0.15) is 11.3 Å². The van der Waals surface area contributed by atoms with E-state index in [1.54, 1.807) is 24.3 Å². The zero-order valence-electron chi connectivity index (χ0n) is 14.0. The Morgan fingerprint density at radius 3 is 2.58 bits per heavy atom. The van der Waals surface area contributed by atoms with Crippen LogP contribution >= 0.6 is 11.6 Å². The lowest BCUT2D eigenvalue weighted by molar-refractivity contribution is -0.112. The maximum absolute atomic E-state index is 12.4. The summed E-state index contributed by atoms with van der Waals surface area (Å²) in [4.78, 5) is 12.4. The normalized spacial score (nSPS) is 11.0. The fourth-order valence-electron chi connectivity index (χ4n) is 2.43. The number of hydrogen-bond donors (Lipinski definition) is 1. The van der Waals surface area contributed by atoms with Gasteiger partial charge in [0.25, 0.3) is 5.91 Å². The first-order valence-electron chi connectivity index (χ1n) is 7.92. The monoisotopic (exact) mass is 362 g/mol. The summed E-state index contributed by atoms with van der Waals surface area (Å²) >= 11 is 6.16. The van der Waals surface area contributed by atoms with Crippen molar-refractivity contribution >= 4 is 29.3 Å². The van der Waals surface area contributed by atoms with Gasteiger partial charge in [-0.25, -0.2) is 0 Å². The Kier molecular flexibility index (Phi) is 5.21. The molecule has 0 saturated heterocycles. The second-order valence-electron chi connectivity index (χ2n) is 5.62. The van der Waals surface area contributed by atoms with Gasteiger partial charge in [0.1, 0.15) is 23.2 Å². The Morgan fingerprint density at radius 2 is 1.85 bits per heavy atom. The van der Waals surface area contributed by atoms with Gasteiger partial charge in [-0.1, -0.05) is 41.9 Å². The van der Waals surface area contributed by atoms with E-state index in [1.165, 1.54) is 6.08 Å². The number of furan rings is 1. The zero-order chi connectivity index (χ0) is 18.5. The number of carbonyl (C=O) groups excluding carboxylic acids is 1. The van der Waals surface area contributed by atoms with Gasteiger partial charge >= 0.3 is 0 Å². The van der Waals surface area contributed by atoms with Crippen molar-refractivity contribution in [2.75, 3.05) is 5.32 Å². The standard InChI is InChI=1S/C21H15ClN2O2/c1-14-6-2-5-9-19(14)24-21(25)15(13-23)12-16-10-11-20(26-16)17-7-3-4-8-18(17)22/h2-12H,1H3,(H,24,25). The van der Waals surface area contributed by atoms with Crippen LogP contribution in [0, 0.1) is 18.3 Å². The fraction of sp³-hybridized carbons (Fsp3) is 0.0476. The summed E-state index contributed by atoms with van der Waals surface area (Å²) in [6.07, 6.45) is 1.41. The topological polar surface area (TPSA) is 66.0 Å². The molecular formula is C21H15ClN2O2. The van der Waals surface area contributed by atoms with Gasteiger partial charge in [-0.15, -0.1) is 0 Å². The smallest absolute Gasteiger partial charge is 0.266 e. The van der Waals surface area contributed by atoms with Crippen LogP contribution in [0.25, 0.3) is 17.4 Å². The van der Waals surface area contributed by atoms with E-state index in [0.717, 1.165) is 11.1 Å². The Bertz CT molecular complexity index is 1030. The first-order valence-corrected chi connectivity index (χ1v) is 8.30. The van der Waals surface area contributed by atoms with E-state index in [9.17, 15) is 10.1 Å². The van der Waals surface area contributed by atoms with Crippen LogP contribution < -0.4 is 5.32 Å². The van der Waals surface area contributed by atoms with Crippen molar-refractivity contribution in [3.63, 3.8) is 0 Å².